The van der Waals surface area contributed by atoms with Crippen LogP contribution in [0.3, 0.4) is 0 Å². The summed E-state index contributed by atoms with van der Waals surface area (Å²) in [4.78, 5) is 64.5. The van der Waals surface area contributed by atoms with Gasteiger partial charge in [-0.1, -0.05) is 25.3 Å². The minimum Gasteiger partial charge on any atom is -0.481 e. The number of aliphatic carboxylic acids is 2. The van der Waals surface area contributed by atoms with E-state index >= 15 is 0 Å². The molecule has 0 saturated heterocycles. The molecule has 3 aromatic heterocycles. The Morgan fingerprint density at radius 2 is 1.16 bits per heavy atom. The van der Waals surface area contributed by atoms with Crippen molar-refractivity contribution >= 4 is 80.1 Å². The zero-order valence-corrected chi connectivity index (χ0v) is 28.7. The van der Waals surface area contributed by atoms with Crippen LogP contribution in [0.15, 0.2) is 37.4 Å². The van der Waals surface area contributed by atoms with Crippen LogP contribution in [0.5, 0.6) is 0 Å². The molecule has 2 aliphatic heterocycles. The molecule has 5 N–H and O–H groups in total. The van der Waals surface area contributed by atoms with Gasteiger partial charge in [-0.2, -0.15) is 0 Å². The molecule has 0 radical (unpaired) electrons. The summed E-state index contributed by atoms with van der Waals surface area (Å²) < 4.78 is 0. The fraction of sp³-hybridized carbons (Fsp3) is 0.282. The first kappa shape index (κ1) is 35.5. The van der Waals surface area contributed by atoms with Crippen molar-refractivity contribution in [1.82, 2.24) is 25.3 Å². The monoisotopic (exact) mass is 675 g/mol. The van der Waals surface area contributed by atoms with Gasteiger partial charge in [0.05, 0.1) is 29.2 Å². The number of carbonyl (C=O) groups is 4. The lowest BCUT2D eigenvalue weighted by Crippen LogP contribution is -2.28. The maximum Gasteiger partial charge on any atom is 0.322 e. The maximum absolute atomic E-state index is 12.7. The summed E-state index contributed by atoms with van der Waals surface area (Å²) in [6.07, 6.45) is 4.23. The number of H-pyrrole nitrogens is 2. The lowest BCUT2D eigenvalue weighted by molar-refractivity contribution is -0.138. The second kappa shape index (κ2) is 14.7. The van der Waals surface area contributed by atoms with Crippen LogP contribution in [0.2, 0.25) is 0 Å². The molecular formula is C39H41N5O6. The van der Waals surface area contributed by atoms with Crippen molar-refractivity contribution in [3.05, 3.63) is 82.5 Å². The van der Waals surface area contributed by atoms with Crippen molar-refractivity contribution in [1.29, 1.82) is 0 Å². The van der Waals surface area contributed by atoms with Crippen LogP contribution in [0, 0.1) is 13.8 Å². The van der Waals surface area contributed by atoms with E-state index in [1.807, 2.05) is 58.0 Å². The Kier molecular flexibility index (Phi) is 10.5. The smallest absolute Gasteiger partial charge is 0.322 e. The highest BCUT2D eigenvalue weighted by Crippen LogP contribution is 2.38. The van der Waals surface area contributed by atoms with Crippen LogP contribution < -0.4 is 5.32 Å². The molecule has 2 aliphatic rings. The topological polar surface area (TPSA) is 178 Å². The van der Waals surface area contributed by atoms with Crippen molar-refractivity contribution < 1.29 is 29.4 Å². The molecule has 50 heavy (non-hydrogen) atoms. The van der Waals surface area contributed by atoms with Crippen molar-refractivity contribution in [3.8, 4) is 0 Å². The highest BCUT2D eigenvalue weighted by Gasteiger charge is 2.23. The Morgan fingerprint density at radius 3 is 1.68 bits per heavy atom. The number of aromatic nitrogens is 4. The third-order valence-corrected chi connectivity index (χ3v) is 9.35. The predicted octanol–water partition coefficient (Wildman–Crippen LogP) is 7.27. The minimum atomic E-state index is -1.12. The summed E-state index contributed by atoms with van der Waals surface area (Å²) in [5.74, 6) is -2.68. The van der Waals surface area contributed by atoms with Crippen molar-refractivity contribution in [2.45, 2.75) is 66.2 Å². The second-order valence-corrected chi connectivity index (χ2v) is 12.5. The van der Waals surface area contributed by atoms with Crippen molar-refractivity contribution in [2.75, 3.05) is 6.54 Å². The van der Waals surface area contributed by atoms with Gasteiger partial charge in [-0.15, -0.1) is 0 Å². The summed E-state index contributed by atoms with van der Waals surface area (Å²) in [6.45, 7) is 15.6. The number of carbonyl (C=O) groups excluding carboxylic acids is 2. The van der Waals surface area contributed by atoms with Crippen molar-refractivity contribution in [3.63, 3.8) is 0 Å². The Labute approximate surface area is 289 Å². The fourth-order valence-electron chi connectivity index (χ4n) is 6.44. The molecule has 1 amide bonds. The van der Waals surface area contributed by atoms with Crippen LogP contribution in [-0.2, 0) is 19.2 Å². The van der Waals surface area contributed by atoms with Crippen molar-refractivity contribution in [2.24, 2.45) is 0 Å². The Hall–Kier alpha value is -5.84. The lowest BCUT2D eigenvalue weighted by atomic mass is 9.97. The van der Waals surface area contributed by atoms with Crippen LogP contribution in [0.25, 0.3) is 56.5 Å². The quantitative estimate of drug-likeness (QED) is 0.125. The SMILES string of the molecule is C=Cc1c(C)c2cc3[nH]c(cc4nc(cc5nc(cc1[nH]2)C(C)=C5CCC(=O)CCC(=O)O)C(CCC(=O)NCC(=O)O)=C4C)c(C)c3C=C. The number of hydrogen-bond acceptors (Lipinski definition) is 6. The van der Waals surface area contributed by atoms with Crippen LogP contribution in [-0.4, -0.2) is 60.3 Å². The molecule has 258 valence electrons. The van der Waals surface area contributed by atoms with Gasteiger partial charge < -0.3 is 25.5 Å². The number of carboxylic acid groups (broad SMARTS) is 2. The summed E-state index contributed by atoms with van der Waals surface area (Å²) in [5, 5.41) is 20.5. The molecule has 5 heterocycles. The first-order chi connectivity index (χ1) is 23.8. The van der Waals surface area contributed by atoms with Crippen LogP contribution >= 0.6 is 0 Å². The minimum absolute atomic E-state index is 0.0472. The van der Waals surface area contributed by atoms with Gasteiger partial charge in [-0.25, -0.2) is 9.97 Å². The van der Waals surface area contributed by atoms with E-state index in [1.165, 1.54) is 0 Å². The van der Waals surface area contributed by atoms with Gasteiger partial charge in [0.25, 0.3) is 0 Å². The zero-order valence-electron chi connectivity index (χ0n) is 28.7. The molecule has 3 aromatic rings. The van der Waals surface area contributed by atoms with Crippen LogP contribution in [0.1, 0.15) is 97.4 Å². The van der Waals surface area contributed by atoms with E-state index < -0.39 is 24.4 Å². The summed E-state index contributed by atoms with van der Waals surface area (Å²) in [5.41, 5.74) is 13.3. The van der Waals surface area contributed by atoms with Gasteiger partial charge in [0, 0.05) is 52.5 Å². The normalized spacial score (nSPS) is 12.6. The predicted molar refractivity (Wildman–Crippen MR) is 197 cm³/mol. The number of ketones is 1. The average Bonchev–Trinajstić information content (AvgIpc) is 3.73. The molecule has 0 aromatic carbocycles. The molecular weight excluding hydrogens is 634 g/mol. The van der Waals surface area contributed by atoms with E-state index in [1.54, 1.807) is 6.08 Å². The first-order valence-corrected chi connectivity index (χ1v) is 16.4. The second-order valence-electron chi connectivity index (χ2n) is 12.5. The third-order valence-electron chi connectivity index (χ3n) is 9.35. The molecule has 8 bridgehead atoms. The first-order valence-electron chi connectivity index (χ1n) is 16.4. The van der Waals surface area contributed by atoms with E-state index in [-0.39, 0.29) is 31.5 Å². The van der Waals surface area contributed by atoms with E-state index in [2.05, 4.69) is 28.4 Å². The molecule has 5 rings (SSSR count). The Morgan fingerprint density at radius 1 is 0.660 bits per heavy atom. The number of carboxylic acids is 2. The number of nitrogens with one attached hydrogen (secondary N) is 3. The highest BCUT2D eigenvalue weighted by molar-refractivity contribution is 5.98. The standard InChI is InChI=1S/C39H41N5O6/c1-7-25-20(3)29-15-30-23(6)28(12-13-37(46)40-19-39(49)50)36(43-30)18-35-27(11-9-24(45)10-14-38(47)48)22(5)32(44-35)17-34-26(8-2)21(4)31(42-34)16-33(25)41-29/h7-8,15-18,41-42H,1-2,9-14,19H2,3-6H3,(H,40,46)(H,47,48)(H,49,50). The zero-order chi connectivity index (χ0) is 36.3. The van der Waals surface area contributed by atoms with Gasteiger partial charge in [-0.05, 0) is 98.2 Å². The van der Waals surface area contributed by atoms with E-state index in [0.29, 0.717) is 35.6 Å². The van der Waals surface area contributed by atoms with Gasteiger partial charge in [0.15, 0.2) is 0 Å². The molecule has 11 nitrogen and oxygen atoms in total. The lowest BCUT2D eigenvalue weighted by Gasteiger charge is -2.07. The summed E-state index contributed by atoms with van der Waals surface area (Å²) in [7, 11) is 0. The molecule has 0 fully saturated rings. The summed E-state index contributed by atoms with van der Waals surface area (Å²) >= 11 is 0. The van der Waals surface area contributed by atoms with Crippen LogP contribution in [0.4, 0.5) is 0 Å². The summed E-state index contributed by atoms with van der Waals surface area (Å²) in [6, 6.07) is 7.85. The maximum atomic E-state index is 12.7. The molecule has 0 unspecified atom stereocenters. The van der Waals surface area contributed by atoms with E-state index in [9.17, 15) is 19.2 Å². The van der Waals surface area contributed by atoms with Gasteiger partial charge in [0.2, 0.25) is 5.91 Å². The fourth-order valence-corrected chi connectivity index (χ4v) is 6.44. The molecule has 0 saturated carbocycles. The number of rotatable bonds is 13. The number of Topliss-reactive ketones (excluding diaryl/α,β-unsaturated/α-hetero) is 1. The number of allylic oxidation sites excluding steroid dienone is 4. The van der Waals surface area contributed by atoms with Gasteiger partial charge in [-0.3, -0.25) is 19.2 Å². The number of hydrogen-bond donors (Lipinski definition) is 5. The highest BCUT2D eigenvalue weighted by atomic mass is 16.4. The van der Waals surface area contributed by atoms with Gasteiger partial charge in [0.1, 0.15) is 12.3 Å². The average molecular weight is 676 g/mol. The van der Waals surface area contributed by atoms with E-state index in [0.717, 1.165) is 66.6 Å². The number of amides is 1. The van der Waals surface area contributed by atoms with Gasteiger partial charge >= 0.3 is 11.9 Å². The Bertz CT molecular complexity index is 2200. The molecule has 0 atom stereocenters. The number of aromatic amines is 2. The molecule has 0 spiro atoms. The number of nitrogens with zero attached hydrogens (tertiary/aromatic N) is 2. The third kappa shape index (κ3) is 7.41. The number of aryl methyl sites for hydroxylation is 2. The Balaban J connectivity index is 1.77. The molecule has 11 heteroatoms. The van der Waals surface area contributed by atoms with E-state index in [4.69, 9.17) is 20.2 Å². The largest absolute Gasteiger partial charge is 0.481 e. The number of fused-ring (bicyclic) bond motifs is 8. The molecule has 0 aliphatic carbocycles.